The molecular formula is C12H12ClN3O3S. The highest BCUT2D eigenvalue weighted by atomic mass is 35.5. The normalized spacial score (nSPS) is 14.5. The Kier molecular flexibility index (Phi) is 3.10. The molecule has 0 unspecified atom stereocenters. The van der Waals surface area contributed by atoms with Gasteiger partial charge in [0, 0.05) is 11.4 Å². The highest BCUT2D eigenvalue weighted by molar-refractivity contribution is 7.21. The van der Waals surface area contributed by atoms with Gasteiger partial charge in [0.05, 0.1) is 5.69 Å². The topological polar surface area (TPSA) is 97.2 Å². The van der Waals surface area contributed by atoms with Crippen LogP contribution in [0.3, 0.4) is 0 Å². The summed E-state index contributed by atoms with van der Waals surface area (Å²) in [4.78, 5) is 26.4. The van der Waals surface area contributed by atoms with Gasteiger partial charge in [0.15, 0.2) is 0 Å². The average Bonchev–Trinajstić information content (AvgIpc) is 3.13. The van der Waals surface area contributed by atoms with Crippen molar-refractivity contribution in [3.05, 3.63) is 20.9 Å². The number of anilines is 1. The Morgan fingerprint density at radius 2 is 2.25 bits per heavy atom. The summed E-state index contributed by atoms with van der Waals surface area (Å²) in [6.07, 6.45) is 1.41. The summed E-state index contributed by atoms with van der Waals surface area (Å²) < 4.78 is 5.19. The van der Waals surface area contributed by atoms with Gasteiger partial charge in [0.2, 0.25) is 5.06 Å². The lowest BCUT2D eigenvalue weighted by atomic mass is 10.2. The maximum absolute atomic E-state index is 11.6. The Hall–Kier alpha value is -1.73. The van der Waals surface area contributed by atoms with Gasteiger partial charge < -0.3 is 20.8 Å². The SMILES string of the molecule is Cc1c(Cl)c(=O)[nH]c2sc(OC(=O)NC3CC3)c(N)c12. The predicted octanol–water partition coefficient (Wildman–Crippen LogP) is 2.38. The van der Waals surface area contributed by atoms with Crippen LogP contribution in [0.2, 0.25) is 5.02 Å². The van der Waals surface area contributed by atoms with Crippen LogP contribution in [-0.4, -0.2) is 17.1 Å². The van der Waals surface area contributed by atoms with Crippen LogP contribution in [-0.2, 0) is 0 Å². The molecule has 1 aliphatic rings. The molecule has 20 heavy (non-hydrogen) atoms. The summed E-state index contributed by atoms with van der Waals surface area (Å²) >= 11 is 7.02. The number of aryl methyl sites for hydroxylation is 1. The minimum atomic E-state index is -0.531. The first-order valence-electron chi connectivity index (χ1n) is 6.06. The van der Waals surface area contributed by atoms with E-state index in [-0.39, 0.29) is 21.7 Å². The molecule has 0 aliphatic heterocycles. The van der Waals surface area contributed by atoms with E-state index in [1.165, 1.54) is 0 Å². The third kappa shape index (κ3) is 2.23. The quantitative estimate of drug-likeness (QED) is 0.793. The molecule has 1 fully saturated rings. The number of carbonyl (C=O) groups excluding carboxylic acids is 1. The van der Waals surface area contributed by atoms with E-state index in [4.69, 9.17) is 22.1 Å². The number of aromatic nitrogens is 1. The monoisotopic (exact) mass is 313 g/mol. The molecule has 8 heteroatoms. The lowest BCUT2D eigenvalue weighted by Crippen LogP contribution is -2.28. The number of pyridine rings is 1. The number of halogens is 1. The number of aromatic amines is 1. The number of fused-ring (bicyclic) bond motifs is 1. The zero-order valence-corrected chi connectivity index (χ0v) is 12.2. The number of amides is 1. The van der Waals surface area contributed by atoms with E-state index in [1.54, 1.807) is 6.92 Å². The van der Waals surface area contributed by atoms with Crippen LogP contribution in [0.25, 0.3) is 10.2 Å². The number of ether oxygens (including phenoxy) is 1. The fraction of sp³-hybridized carbons (Fsp3) is 0.333. The number of nitrogens with two attached hydrogens (primary N) is 1. The van der Waals surface area contributed by atoms with Gasteiger partial charge >= 0.3 is 6.09 Å². The number of H-pyrrole nitrogens is 1. The molecule has 3 rings (SSSR count). The zero-order chi connectivity index (χ0) is 14.4. The van der Waals surface area contributed by atoms with E-state index in [9.17, 15) is 9.59 Å². The number of nitrogen functional groups attached to an aromatic ring is 1. The Morgan fingerprint density at radius 3 is 2.90 bits per heavy atom. The first kappa shape index (κ1) is 13.3. The van der Waals surface area contributed by atoms with Crippen molar-refractivity contribution < 1.29 is 9.53 Å². The minimum Gasteiger partial charge on any atom is -0.397 e. The Morgan fingerprint density at radius 1 is 1.55 bits per heavy atom. The highest BCUT2D eigenvalue weighted by Crippen LogP contribution is 2.41. The molecule has 1 saturated carbocycles. The van der Waals surface area contributed by atoms with Gasteiger partial charge in [0.25, 0.3) is 5.56 Å². The van der Waals surface area contributed by atoms with E-state index in [0.29, 0.717) is 21.5 Å². The molecule has 2 aromatic rings. The van der Waals surface area contributed by atoms with Crippen LogP contribution >= 0.6 is 22.9 Å². The molecule has 1 amide bonds. The third-order valence-electron chi connectivity index (χ3n) is 3.13. The molecule has 0 spiro atoms. The van der Waals surface area contributed by atoms with Crippen molar-refractivity contribution in [2.75, 3.05) is 5.73 Å². The van der Waals surface area contributed by atoms with E-state index >= 15 is 0 Å². The van der Waals surface area contributed by atoms with E-state index in [2.05, 4.69) is 10.3 Å². The molecule has 0 saturated heterocycles. The average molecular weight is 314 g/mol. The number of rotatable bonds is 2. The molecule has 2 heterocycles. The van der Waals surface area contributed by atoms with Crippen molar-refractivity contribution in [2.45, 2.75) is 25.8 Å². The molecule has 0 atom stereocenters. The Balaban J connectivity index is 1.99. The lowest BCUT2D eigenvalue weighted by Gasteiger charge is -2.04. The lowest BCUT2D eigenvalue weighted by molar-refractivity contribution is 0.201. The summed E-state index contributed by atoms with van der Waals surface area (Å²) in [6.45, 7) is 1.71. The third-order valence-corrected chi connectivity index (χ3v) is 4.58. The van der Waals surface area contributed by atoms with Crippen molar-refractivity contribution >= 4 is 44.9 Å². The molecule has 1 aliphatic carbocycles. The van der Waals surface area contributed by atoms with Gasteiger partial charge in [-0.2, -0.15) is 0 Å². The number of nitrogens with one attached hydrogen (secondary N) is 2. The molecule has 106 valence electrons. The zero-order valence-electron chi connectivity index (χ0n) is 10.6. The van der Waals surface area contributed by atoms with Gasteiger partial charge in [-0.3, -0.25) is 4.79 Å². The first-order chi connectivity index (χ1) is 9.47. The van der Waals surface area contributed by atoms with Gasteiger partial charge in [-0.15, -0.1) is 0 Å². The predicted molar refractivity (Wildman–Crippen MR) is 78.8 cm³/mol. The molecule has 2 aromatic heterocycles. The summed E-state index contributed by atoms with van der Waals surface area (Å²) in [7, 11) is 0. The van der Waals surface area contributed by atoms with Crippen molar-refractivity contribution in [3.63, 3.8) is 0 Å². The molecule has 0 radical (unpaired) electrons. The van der Waals surface area contributed by atoms with E-state index in [1.807, 2.05) is 0 Å². The Labute approximate surface area is 122 Å². The second kappa shape index (κ2) is 4.68. The van der Waals surface area contributed by atoms with Gasteiger partial charge in [-0.1, -0.05) is 22.9 Å². The van der Waals surface area contributed by atoms with Crippen molar-refractivity contribution in [1.29, 1.82) is 0 Å². The second-order valence-electron chi connectivity index (χ2n) is 4.71. The van der Waals surface area contributed by atoms with Crippen LogP contribution in [0.15, 0.2) is 4.79 Å². The van der Waals surface area contributed by atoms with Crippen molar-refractivity contribution in [3.8, 4) is 5.06 Å². The molecule has 0 aromatic carbocycles. The van der Waals surface area contributed by atoms with E-state index in [0.717, 1.165) is 24.2 Å². The number of hydrogen-bond acceptors (Lipinski definition) is 5. The summed E-state index contributed by atoms with van der Waals surface area (Å²) in [5, 5.41) is 3.68. The molecule has 6 nitrogen and oxygen atoms in total. The van der Waals surface area contributed by atoms with Gasteiger partial charge in [-0.25, -0.2) is 4.79 Å². The second-order valence-corrected chi connectivity index (χ2v) is 6.07. The molecule has 4 N–H and O–H groups in total. The van der Waals surface area contributed by atoms with Crippen molar-refractivity contribution in [2.24, 2.45) is 0 Å². The first-order valence-corrected chi connectivity index (χ1v) is 7.25. The van der Waals surface area contributed by atoms with Crippen LogP contribution in [0.5, 0.6) is 5.06 Å². The van der Waals surface area contributed by atoms with Crippen LogP contribution in [0.4, 0.5) is 10.5 Å². The fourth-order valence-electron chi connectivity index (χ4n) is 1.91. The highest BCUT2D eigenvalue weighted by Gasteiger charge is 2.25. The standard InChI is InChI=1S/C12H12ClN3O3S/c1-4-6-8(14)11(19-12(18)15-5-2-3-5)20-10(6)16-9(17)7(4)13/h5H,2-3,14H2,1H3,(H,15,18)(H,16,17). The maximum Gasteiger partial charge on any atom is 0.413 e. The van der Waals surface area contributed by atoms with Crippen molar-refractivity contribution in [1.82, 2.24) is 10.3 Å². The number of carbonyl (C=O) groups is 1. The molecule has 0 bridgehead atoms. The number of thiophene rings is 1. The molecular weight excluding hydrogens is 302 g/mol. The summed E-state index contributed by atoms with van der Waals surface area (Å²) in [5.74, 6) is 0. The fourth-order valence-corrected chi connectivity index (χ4v) is 3.07. The van der Waals surface area contributed by atoms with Crippen LogP contribution in [0.1, 0.15) is 18.4 Å². The summed E-state index contributed by atoms with van der Waals surface area (Å²) in [6, 6.07) is 0.203. The number of hydrogen-bond donors (Lipinski definition) is 3. The van der Waals surface area contributed by atoms with E-state index < -0.39 is 6.09 Å². The summed E-state index contributed by atoms with van der Waals surface area (Å²) in [5.41, 5.74) is 6.49. The van der Waals surface area contributed by atoms with Gasteiger partial charge in [-0.05, 0) is 25.3 Å². The minimum absolute atomic E-state index is 0.0935. The van der Waals surface area contributed by atoms with Gasteiger partial charge in [0.1, 0.15) is 9.85 Å². The largest absolute Gasteiger partial charge is 0.413 e. The van der Waals surface area contributed by atoms with Crippen LogP contribution < -0.4 is 21.3 Å². The maximum atomic E-state index is 11.6. The smallest absolute Gasteiger partial charge is 0.397 e. The Bertz CT molecular complexity index is 763. The van der Waals surface area contributed by atoms with Crippen LogP contribution in [0, 0.1) is 6.92 Å².